The lowest BCUT2D eigenvalue weighted by Crippen LogP contribution is -2.49. The molecule has 1 atom stereocenters. The summed E-state index contributed by atoms with van der Waals surface area (Å²) in [5.74, 6) is -0.812. The van der Waals surface area contributed by atoms with Gasteiger partial charge in [0.15, 0.2) is 0 Å². The summed E-state index contributed by atoms with van der Waals surface area (Å²) in [4.78, 5) is 13.3. The Morgan fingerprint density at radius 2 is 2.05 bits per heavy atom. The summed E-state index contributed by atoms with van der Waals surface area (Å²) in [6.45, 7) is 0.695. The first kappa shape index (κ1) is 15.9. The van der Waals surface area contributed by atoms with E-state index in [-0.39, 0.29) is 18.0 Å². The number of hydrogen-bond donors (Lipinski definition) is 4. The molecule has 2 rings (SSSR count). The number of nitrogens with one attached hydrogen (secondary N) is 3. The molecule has 118 valence electrons. The summed E-state index contributed by atoms with van der Waals surface area (Å²) in [5.41, 5.74) is 0.286. The molecule has 1 aliphatic heterocycles. The number of hydrogen-bond acceptors (Lipinski definition) is 5. The standard InChI is InChI=1S/C14H17FN4O3/c15-10-5-3-9(4-6-10)12(16)22-13(17)18-14(21)19-7-1-2-11(20)8-19/h3-6,11,16,20H,1-2,7-8H2,(H2,17,18,21). The Kier molecular flexibility index (Phi) is 5.05. The van der Waals surface area contributed by atoms with E-state index in [2.05, 4.69) is 5.32 Å². The van der Waals surface area contributed by atoms with Gasteiger partial charge in [0, 0.05) is 18.7 Å². The Labute approximate surface area is 126 Å². The number of aliphatic hydroxyl groups is 1. The normalized spacial score (nSPS) is 17.7. The molecule has 22 heavy (non-hydrogen) atoms. The second kappa shape index (κ2) is 6.99. The average molecular weight is 308 g/mol. The van der Waals surface area contributed by atoms with Crippen LogP contribution in [-0.4, -0.2) is 47.2 Å². The molecule has 7 nitrogen and oxygen atoms in total. The highest BCUT2D eigenvalue weighted by atomic mass is 19.1. The topological polar surface area (TPSA) is 110 Å². The van der Waals surface area contributed by atoms with E-state index < -0.39 is 24.0 Å². The Hall–Kier alpha value is -2.48. The van der Waals surface area contributed by atoms with Gasteiger partial charge in [-0.05, 0) is 37.1 Å². The minimum atomic E-state index is -0.598. The van der Waals surface area contributed by atoms with E-state index in [0.29, 0.717) is 19.4 Å². The second-order valence-corrected chi connectivity index (χ2v) is 4.94. The van der Waals surface area contributed by atoms with Gasteiger partial charge >= 0.3 is 6.03 Å². The number of carbonyl (C=O) groups is 1. The molecule has 1 unspecified atom stereocenters. The molecule has 0 aromatic heterocycles. The highest BCUT2D eigenvalue weighted by Crippen LogP contribution is 2.09. The number of piperidine rings is 1. The molecule has 0 aliphatic carbocycles. The van der Waals surface area contributed by atoms with Crippen molar-refractivity contribution in [2.45, 2.75) is 18.9 Å². The van der Waals surface area contributed by atoms with Crippen LogP contribution in [0.4, 0.5) is 9.18 Å². The van der Waals surface area contributed by atoms with Gasteiger partial charge in [0.05, 0.1) is 6.10 Å². The number of rotatable bonds is 1. The number of likely N-dealkylation sites (tertiary alicyclic amines) is 1. The predicted molar refractivity (Wildman–Crippen MR) is 77.4 cm³/mol. The molecule has 0 spiro atoms. The maximum Gasteiger partial charge on any atom is 0.325 e. The quantitative estimate of drug-likeness (QED) is 0.463. The van der Waals surface area contributed by atoms with Gasteiger partial charge in [-0.15, -0.1) is 0 Å². The first-order valence-corrected chi connectivity index (χ1v) is 6.80. The van der Waals surface area contributed by atoms with E-state index in [1.165, 1.54) is 29.2 Å². The summed E-state index contributed by atoms with van der Waals surface area (Å²) >= 11 is 0. The first-order chi connectivity index (χ1) is 10.5. The van der Waals surface area contributed by atoms with Crippen molar-refractivity contribution in [3.05, 3.63) is 35.6 Å². The molecule has 1 heterocycles. The van der Waals surface area contributed by atoms with E-state index >= 15 is 0 Å². The molecule has 0 bridgehead atoms. The minimum absolute atomic E-state index is 0.203. The molecule has 2 amide bonds. The Bertz CT molecular complexity index is 576. The van der Waals surface area contributed by atoms with Crippen molar-refractivity contribution in [1.82, 2.24) is 10.2 Å². The highest BCUT2D eigenvalue weighted by molar-refractivity contribution is 6.02. The fourth-order valence-electron chi connectivity index (χ4n) is 2.10. The molecular weight excluding hydrogens is 291 g/mol. The minimum Gasteiger partial charge on any atom is -0.407 e. The van der Waals surface area contributed by atoms with Crippen LogP contribution >= 0.6 is 0 Å². The van der Waals surface area contributed by atoms with Crippen molar-refractivity contribution >= 4 is 18.0 Å². The third-order valence-corrected chi connectivity index (χ3v) is 3.21. The fraction of sp³-hybridized carbons (Fsp3) is 0.357. The van der Waals surface area contributed by atoms with Crippen LogP contribution in [0.5, 0.6) is 0 Å². The van der Waals surface area contributed by atoms with Crippen molar-refractivity contribution in [3.63, 3.8) is 0 Å². The SMILES string of the molecule is N=C(NC(=O)N1CCCC(O)C1)OC(=N)c1ccc(F)cc1. The van der Waals surface area contributed by atoms with Crippen molar-refractivity contribution < 1.29 is 19.0 Å². The van der Waals surface area contributed by atoms with Crippen LogP contribution in [0.25, 0.3) is 0 Å². The van der Waals surface area contributed by atoms with Gasteiger partial charge in [-0.3, -0.25) is 16.1 Å². The van der Waals surface area contributed by atoms with E-state index in [1.54, 1.807) is 0 Å². The number of β-amino-alcohol motifs (C(OH)–C–C–N with tert-alkyl or cyclic N) is 1. The predicted octanol–water partition coefficient (Wildman–Crippen LogP) is 1.27. The molecule has 0 saturated carbocycles. The summed E-state index contributed by atoms with van der Waals surface area (Å²) in [7, 11) is 0. The molecule has 1 aromatic rings. The maximum atomic E-state index is 12.8. The second-order valence-electron chi connectivity index (χ2n) is 4.94. The van der Waals surface area contributed by atoms with Gasteiger partial charge in [-0.25, -0.2) is 9.18 Å². The van der Waals surface area contributed by atoms with Gasteiger partial charge in [0.2, 0.25) is 5.90 Å². The van der Waals surface area contributed by atoms with Gasteiger partial charge in [0.1, 0.15) is 5.82 Å². The van der Waals surface area contributed by atoms with E-state index in [4.69, 9.17) is 15.6 Å². The number of aliphatic hydroxyl groups excluding tert-OH is 1. The van der Waals surface area contributed by atoms with E-state index in [1.807, 2.05) is 0 Å². The third kappa shape index (κ3) is 4.26. The zero-order valence-corrected chi connectivity index (χ0v) is 11.8. The van der Waals surface area contributed by atoms with Crippen LogP contribution < -0.4 is 5.32 Å². The van der Waals surface area contributed by atoms with Crippen LogP contribution in [-0.2, 0) is 4.74 Å². The van der Waals surface area contributed by atoms with E-state index in [9.17, 15) is 14.3 Å². The Morgan fingerprint density at radius 3 is 2.68 bits per heavy atom. The van der Waals surface area contributed by atoms with Crippen LogP contribution in [0.2, 0.25) is 0 Å². The molecular formula is C14H17FN4O3. The molecule has 8 heteroatoms. The molecule has 4 N–H and O–H groups in total. The number of carbonyl (C=O) groups excluding carboxylic acids is 1. The van der Waals surface area contributed by atoms with Crippen LogP contribution in [0.15, 0.2) is 24.3 Å². The van der Waals surface area contributed by atoms with E-state index in [0.717, 1.165) is 0 Å². The molecule has 1 aromatic carbocycles. The van der Waals surface area contributed by atoms with Gasteiger partial charge in [-0.2, -0.15) is 0 Å². The van der Waals surface area contributed by atoms with Crippen molar-refractivity contribution in [3.8, 4) is 0 Å². The first-order valence-electron chi connectivity index (χ1n) is 6.80. The lowest BCUT2D eigenvalue weighted by Gasteiger charge is -2.29. The molecule has 1 saturated heterocycles. The fourth-order valence-corrected chi connectivity index (χ4v) is 2.10. The lowest BCUT2D eigenvalue weighted by atomic mass is 10.1. The average Bonchev–Trinajstić information content (AvgIpc) is 2.47. The number of halogens is 1. The number of amides is 2. The summed E-state index contributed by atoms with van der Waals surface area (Å²) in [5, 5.41) is 26.9. The summed E-state index contributed by atoms with van der Waals surface area (Å²) in [6.07, 6.45) is 0.772. The highest BCUT2D eigenvalue weighted by Gasteiger charge is 2.23. The Morgan fingerprint density at radius 1 is 1.36 bits per heavy atom. The molecule has 1 fully saturated rings. The zero-order valence-electron chi connectivity index (χ0n) is 11.8. The lowest BCUT2D eigenvalue weighted by molar-refractivity contribution is 0.0853. The van der Waals surface area contributed by atoms with Crippen molar-refractivity contribution in [2.75, 3.05) is 13.1 Å². The largest absolute Gasteiger partial charge is 0.407 e. The maximum absolute atomic E-state index is 12.8. The zero-order chi connectivity index (χ0) is 16.1. The number of nitrogens with zero attached hydrogens (tertiary/aromatic N) is 1. The summed E-state index contributed by atoms with van der Waals surface area (Å²) < 4.78 is 17.7. The third-order valence-electron chi connectivity index (χ3n) is 3.21. The number of amidine groups is 1. The van der Waals surface area contributed by atoms with Gasteiger partial charge in [0.25, 0.3) is 6.02 Å². The summed E-state index contributed by atoms with van der Waals surface area (Å²) in [6, 6.07) is 3.87. The molecule has 1 aliphatic rings. The van der Waals surface area contributed by atoms with Gasteiger partial charge in [-0.1, -0.05) is 0 Å². The monoisotopic (exact) mass is 308 g/mol. The smallest absolute Gasteiger partial charge is 0.325 e. The number of benzene rings is 1. The van der Waals surface area contributed by atoms with Gasteiger partial charge < -0.3 is 14.7 Å². The van der Waals surface area contributed by atoms with Crippen LogP contribution in [0.1, 0.15) is 18.4 Å². The van der Waals surface area contributed by atoms with Crippen LogP contribution in [0, 0.1) is 16.6 Å². The van der Waals surface area contributed by atoms with Crippen molar-refractivity contribution in [2.24, 2.45) is 0 Å². The number of urea groups is 1. The van der Waals surface area contributed by atoms with Crippen LogP contribution in [0.3, 0.4) is 0 Å². The molecule has 0 radical (unpaired) electrons. The van der Waals surface area contributed by atoms with Crippen molar-refractivity contribution in [1.29, 1.82) is 10.8 Å². The Balaban J connectivity index is 1.85. The number of ether oxygens (including phenoxy) is 1.